The van der Waals surface area contributed by atoms with Crippen molar-refractivity contribution in [1.82, 2.24) is 0 Å². The minimum absolute atomic E-state index is 0.0483. The van der Waals surface area contributed by atoms with Gasteiger partial charge < -0.3 is 20.1 Å². The number of esters is 2. The summed E-state index contributed by atoms with van der Waals surface area (Å²) < 4.78 is 33.3. The molecule has 0 aromatic carbocycles. The molecule has 0 aliphatic carbocycles. The zero-order valence-corrected chi connectivity index (χ0v) is 64.2. The quantitative estimate of drug-likeness (QED) is 0.0264. The van der Waals surface area contributed by atoms with E-state index in [0.29, 0.717) is 6.42 Å². The van der Waals surface area contributed by atoms with Crippen LogP contribution in [0.4, 0.5) is 0 Å². The Balaban J connectivity index is 3.85. The van der Waals surface area contributed by atoms with Crippen molar-refractivity contribution in [3.8, 4) is 0 Å². The third kappa shape index (κ3) is 81.3. The number of carbonyl (C=O) groups is 2. The molecular weight excluding hydrogens is 1220 g/mol. The van der Waals surface area contributed by atoms with E-state index in [9.17, 15) is 19.0 Å². The van der Waals surface area contributed by atoms with Crippen LogP contribution in [-0.2, 0) is 32.7 Å². The molecule has 0 amide bonds. The van der Waals surface area contributed by atoms with Crippen molar-refractivity contribution < 1.29 is 37.6 Å². The molecule has 97 heavy (non-hydrogen) atoms. The number of phosphoric acid groups is 1. The Morgan fingerprint density at radius 1 is 0.320 bits per heavy atom. The molecule has 560 valence electrons. The Bertz CT molecular complexity index is 2020. The minimum Gasteiger partial charge on any atom is -0.462 e. The molecule has 0 fully saturated rings. The lowest BCUT2D eigenvalue weighted by Gasteiger charge is -2.19. The Hall–Kier alpha value is -3.59. The van der Waals surface area contributed by atoms with Crippen molar-refractivity contribution in [2.75, 3.05) is 26.4 Å². The lowest BCUT2D eigenvalue weighted by atomic mass is 10.0. The van der Waals surface area contributed by atoms with E-state index in [0.717, 1.165) is 109 Å². The predicted octanol–water partition coefficient (Wildman–Crippen LogP) is 27.8. The lowest BCUT2D eigenvalue weighted by Crippen LogP contribution is -2.29. The number of ether oxygens (including phenoxy) is 2. The van der Waals surface area contributed by atoms with Gasteiger partial charge in [0.05, 0.1) is 13.2 Å². The molecule has 0 heterocycles. The third-order valence-electron chi connectivity index (χ3n) is 17.9. The number of phosphoric ester groups is 1. The maximum Gasteiger partial charge on any atom is 0.472 e. The van der Waals surface area contributed by atoms with Crippen LogP contribution in [0.15, 0.2) is 122 Å². The van der Waals surface area contributed by atoms with Crippen LogP contribution < -0.4 is 5.73 Å². The number of nitrogens with two attached hydrogens (primary N) is 1. The average Bonchev–Trinajstić information content (AvgIpc) is 2.88. The summed E-state index contributed by atoms with van der Waals surface area (Å²) in [5, 5.41) is 0. The third-order valence-corrected chi connectivity index (χ3v) is 18.8. The van der Waals surface area contributed by atoms with E-state index >= 15 is 0 Å². The van der Waals surface area contributed by atoms with E-state index in [1.54, 1.807) is 0 Å². The molecule has 0 radical (unpaired) electrons. The number of rotatable bonds is 77. The van der Waals surface area contributed by atoms with Gasteiger partial charge in [0.2, 0.25) is 0 Å². The van der Waals surface area contributed by atoms with Gasteiger partial charge in [-0.2, -0.15) is 0 Å². The van der Waals surface area contributed by atoms with Crippen molar-refractivity contribution in [3.05, 3.63) is 122 Å². The zero-order valence-electron chi connectivity index (χ0n) is 63.3. The van der Waals surface area contributed by atoms with Gasteiger partial charge in [-0.05, 0) is 89.9 Å². The normalized spacial score (nSPS) is 13.5. The first-order chi connectivity index (χ1) is 47.8. The number of allylic oxidation sites excluding steroid dienone is 20. The van der Waals surface area contributed by atoms with E-state index in [-0.39, 0.29) is 38.6 Å². The van der Waals surface area contributed by atoms with Crippen LogP contribution in [0.25, 0.3) is 0 Å². The molecule has 0 bridgehead atoms. The molecule has 0 spiro atoms. The largest absolute Gasteiger partial charge is 0.472 e. The second kappa shape index (κ2) is 81.4. The molecule has 2 unspecified atom stereocenters. The van der Waals surface area contributed by atoms with Gasteiger partial charge in [-0.25, -0.2) is 4.57 Å². The number of hydrogen-bond donors (Lipinski definition) is 2. The van der Waals surface area contributed by atoms with E-state index in [2.05, 4.69) is 135 Å². The van der Waals surface area contributed by atoms with Crippen LogP contribution in [0.5, 0.6) is 0 Å². The summed E-state index contributed by atoms with van der Waals surface area (Å²) in [4.78, 5) is 35.5. The first kappa shape index (κ1) is 93.4. The Morgan fingerprint density at radius 3 is 0.845 bits per heavy atom. The van der Waals surface area contributed by atoms with Gasteiger partial charge in [0, 0.05) is 19.4 Å². The molecule has 0 saturated carbocycles. The van der Waals surface area contributed by atoms with E-state index < -0.39 is 26.5 Å². The summed E-state index contributed by atoms with van der Waals surface area (Å²) in [5.74, 6) is -0.828. The van der Waals surface area contributed by atoms with E-state index in [1.165, 1.54) is 244 Å². The van der Waals surface area contributed by atoms with Gasteiger partial charge in [-0.15, -0.1) is 0 Å². The molecule has 0 aromatic rings. The monoisotopic (exact) mass is 1370 g/mol. The average molecular weight is 1370 g/mol. The predicted molar refractivity (Wildman–Crippen MR) is 422 cm³/mol. The van der Waals surface area contributed by atoms with E-state index in [1.807, 2.05) is 0 Å². The lowest BCUT2D eigenvalue weighted by molar-refractivity contribution is -0.161. The summed E-state index contributed by atoms with van der Waals surface area (Å²) in [7, 11) is -4.41. The molecule has 10 heteroatoms. The van der Waals surface area contributed by atoms with Crippen LogP contribution in [-0.4, -0.2) is 49.3 Å². The standard InChI is InChI=1S/C87H154NO8P/c1-3-5-7-9-11-13-15-17-19-21-23-25-27-29-31-33-35-37-39-41-42-44-46-48-50-52-54-56-58-60-62-64-66-68-70-72-74-76-78-80-87(90)96-85(84-95-97(91,92)94-82-81-88)83-93-86(89)79-77-75-73-71-69-67-65-63-61-59-57-55-53-51-49-47-45-43-40-38-36-34-32-30-28-26-24-22-20-18-16-14-12-10-8-6-4-2/h5,7,11,13,17,19,23,25,29,31,35,37,41-42,46,48,52,54,58,60,85H,3-4,6,8-10,12,14-16,18,20-22,24,26-28,30,32-34,36,38-40,43-45,47,49-51,53,55-57,59,61-84,88H2,1-2H3,(H,91,92)/b7-5-,13-11-,19-17-,25-23-,31-29-,37-35-,42-41-,48-46-,54-52-,60-58-. The SMILES string of the molecule is CC/C=C\C/C=C\C/C=C\C/C=C\C/C=C\C/C=C\C/C=C\C/C=C\C/C=C\C/C=C\CCCCCCCCCCC(=O)OC(COC(=O)CCCCCCCCCCCCCCCCCCCCCCCCCCCCCCCCCCCCCCC)COP(=O)(O)OCCN. The molecule has 0 saturated heterocycles. The molecule has 9 nitrogen and oxygen atoms in total. The summed E-state index contributed by atoms with van der Waals surface area (Å²) in [6.45, 7) is 3.67. The molecule has 3 N–H and O–H groups in total. The van der Waals surface area contributed by atoms with E-state index in [4.69, 9.17) is 24.3 Å². The summed E-state index contributed by atoms with van der Waals surface area (Å²) in [6, 6.07) is 0. The number of carbonyl (C=O) groups excluding carboxylic acids is 2. The van der Waals surface area contributed by atoms with Crippen molar-refractivity contribution in [1.29, 1.82) is 0 Å². The zero-order chi connectivity index (χ0) is 70.0. The minimum atomic E-state index is -4.41. The van der Waals surface area contributed by atoms with Gasteiger partial charge in [0.25, 0.3) is 0 Å². The van der Waals surface area contributed by atoms with Crippen LogP contribution in [0.3, 0.4) is 0 Å². The van der Waals surface area contributed by atoms with Crippen LogP contribution >= 0.6 is 7.82 Å². The van der Waals surface area contributed by atoms with Gasteiger partial charge in [-0.1, -0.05) is 405 Å². The van der Waals surface area contributed by atoms with Gasteiger partial charge >= 0.3 is 19.8 Å². The highest BCUT2D eigenvalue weighted by Crippen LogP contribution is 2.43. The molecular formula is C87H154NO8P. The van der Waals surface area contributed by atoms with Crippen LogP contribution in [0.2, 0.25) is 0 Å². The fourth-order valence-corrected chi connectivity index (χ4v) is 12.6. The molecule has 2 atom stereocenters. The topological polar surface area (TPSA) is 134 Å². The van der Waals surface area contributed by atoms with Crippen LogP contribution in [0, 0.1) is 0 Å². The van der Waals surface area contributed by atoms with Gasteiger partial charge in [0.1, 0.15) is 6.61 Å². The molecule has 0 rings (SSSR count). The number of unbranched alkanes of at least 4 members (excludes halogenated alkanes) is 44. The first-order valence-corrected chi connectivity index (χ1v) is 42.5. The smallest absolute Gasteiger partial charge is 0.462 e. The second-order valence-electron chi connectivity index (χ2n) is 27.3. The number of hydrogen-bond acceptors (Lipinski definition) is 8. The molecule has 0 aliphatic rings. The van der Waals surface area contributed by atoms with Crippen molar-refractivity contribution in [2.45, 2.75) is 392 Å². The second-order valence-corrected chi connectivity index (χ2v) is 28.7. The Morgan fingerprint density at radius 2 is 0.567 bits per heavy atom. The first-order valence-electron chi connectivity index (χ1n) is 41.0. The van der Waals surface area contributed by atoms with Gasteiger partial charge in [-0.3, -0.25) is 18.6 Å². The van der Waals surface area contributed by atoms with Crippen molar-refractivity contribution in [2.24, 2.45) is 5.73 Å². The van der Waals surface area contributed by atoms with Crippen molar-refractivity contribution in [3.63, 3.8) is 0 Å². The Kier molecular flexibility index (Phi) is 78.4. The maximum absolute atomic E-state index is 12.8. The Labute approximate surface area is 600 Å². The highest BCUT2D eigenvalue weighted by molar-refractivity contribution is 7.47. The fourth-order valence-electron chi connectivity index (χ4n) is 11.8. The highest BCUT2D eigenvalue weighted by Gasteiger charge is 2.26. The summed E-state index contributed by atoms with van der Waals surface area (Å²) in [6.07, 6.45) is 115. The fraction of sp³-hybridized carbons (Fsp3) is 0.747. The highest BCUT2D eigenvalue weighted by atomic mass is 31.2. The van der Waals surface area contributed by atoms with Gasteiger partial charge in [0.15, 0.2) is 6.10 Å². The maximum atomic E-state index is 12.8. The molecule has 0 aliphatic heterocycles. The van der Waals surface area contributed by atoms with Crippen LogP contribution in [0.1, 0.15) is 386 Å². The summed E-state index contributed by atoms with van der Waals surface area (Å²) in [5.41, 5.74) is 5.42. The summed E-state index contributed by atoms with van der Waals surface area (Å²) >= 11 is 0. The van der Waals surface area contributed by atoms with Crippen molar-refractivity contribution >= 4 is 19.8 Å². The molecule has 0 aromatic heterocycles.